The molecule has 0 unspecified atom stereocenters. The minimum Gasteiger partial charge on any atom is -0.363 e. The molecule has 1 atom stereocenters. The Labute approximate surface area is 106 Å². The van der Waals surface area contributed by atoms with Gasteiger partial charge in [-0.25, -0.2) is 4.98 Å². The van der Waals surface area contributed by atoms with Crippen LogP contribution in [-0.2, 0) is 7.05 Å². The van der Waals surface area contributed by atoms with Gasteiger partial charge in [0.25, 0.3) is 0 Å². The average Bonchev–Trinajstić information content (AvgIpc) is 2.61. The summed E-state index contributed by atoms with van der Waals surface area (Å²) in [6, 6.07) is 3.85. The van der Waals surface area contributed by atoms with Crippen LogP contribution in [0.25, 0.3) is 0 Å². The molecule has 0 fully saturated rings. The zero-order valence-electron chi connectivity index (χ0n) is 10.1. The fraction of sp³-hybridized carbons (Fsp3) is 0.333. The van der Waals surface area contributed by atoms with Gasteiger partial charge in [-0.1, -0.05) is 11.6 Å². The first-order valence-electron chi connectivity index (χ1n) is 5.44. The van der Waals surface area contributed by atoms with Crippen LogP contribution >= 0.6 is 11.6 Å². The predicted molar refractivity (Wildman–Crippen MR) is 69.2 cm³/mol. The van der Waals surface area contributed by atoms with Crippen molar-refractivity contribution in [2.75, 3.05) is 5.32 Å². The van der Waals surface area contributed by atoms with Crippen molar-refractivity contribution in [1.29, 1.82) is 0 Å². The first-order chi connectivity index (χ1) is 8.06. The molecular weight excluding hydrogens is 236 g/mol. The van der Waals surface area contributed by atoms with Crippen molar-refractivity contribution >= 4 is 17.4 Å². The molecule has 1 N–H and O–H groups in total. The van der Waals surface area contributed by atoms with E-state index in [4.69, 9.17) is 11.6 Å². The lowest BCUT2D eigenvalue weighted by Gasteiger charge is -2.13. The van der Waals surface area contributed by atoms with Crippen molar-refractivity contribution in [2.45, 2.75) is 19.9 Å². The molecule has 5 heteroatoms. The molecule has 0 saturated carbocycles. The Balaban J connectivity index is 2.14. The summed E-state index contributed by atoms with van der Waals surface area (Å²) >= 11 is 5.79. The van der Waals surface area contributed by atoms with Gasteiger partial charge in [-0.15, -0.1) is 0 Å². The Morgan fingerprint density at radius 3 is 2.71 bits per heavy atom. The van der Waals surface area contributed by atoms with Crippen LogP contribution in [-0.4, -0.2) is 14.8 Å². The maximum absolute atomic E-state index is 5.79. The molecule has 0 aliphatic rings. The molecular formula is C12H15ClN4. The van der Waals surface area contributed by atoms with Gasteiger partial charge in [0.15, 0.2) is 0 Å². The summed E-state index contributed by atoms with van der Waals surface area (Å²) in [6.07, 6.45) is 3.65. The summed E-state index contributed by atoms with van der Waals surface area (Å²) in [5, 5.41) is 8.28. The van der Waals surface area contributed by atoms with E-state index >= 15 is 0 Å². The molecule has 0 amide bonds. The SMILES string of the molecule is Cc1nn(C)cc1[C@H](C)Nc1ccc(Cl)cn1. The molecule has 0 saturated heterocycles. The summed E-state index contributed by atoms with van der Waals surface area (Å²) in [5.74, 6) is 0.810. The van der Waals surface area contributed by atoms with Crippen molar-refractivity contribution in [3.8, 4) is 0 Å². The fourth-order valence-corrected chi connectivity index (χ4v) is 1.92. The minimum atomic E-state index is 0.164. The minimum absolute atomic E-state index is 0.164. The molecule has 0 aliphatic heterocycles. The molecule has 0 spiro atoms. The molecule has 2 aromatic rings. The van der Waals surface area contributed by atoms with Crippen molar-refractivity contribution in [1.82, 2.24) is 14.8 Å². The van der Waals surface area contributed by atoms with E-state index in [0.29, 0.717) is 5.02 Å². The lowest BCUT2D eigenvalue weighted by Crippen LogP contribution is -2.08. The van der Waals surface area contributed by atoms with Gasteiger partial charge in [-0.05, 0) is 26.0 Å². The molecule has 0 bridgehead atoms. The third kappa shape index (κ3) is 2.77. The zero-order valence-corrected chi connectivity index (χ0v) is 10.9. The highest BCUT2D eigenvalue weighted by atomic mass is 35.5. The third-order valence-corrected chi connectivity index (χ3v) is 2.83. The largest absolute Gasteiger partial charge is 0.363 e. The smallest absolute Gasteiger partial charge is 0.126 e. The average molecular weight is 251 g/mol. The maximum Gasteiger partial charge on any atom is 0.126 e. The van der Waals surface area contributed by atoms with E-state index < -0.39 is 0 Å². The van der Waals surface area contributed by atoms with E-state index in [1.807, 2.05) is 37.0 Å². The topological polar surface area (TPSA) is 42.7 Å². The van der Waals surface area contributed by atoms with Crippen molar-refractivity contribution < 1.29 is 0 Å². The summed E-state index contributed by atoms with van der Waals surface area (Å²) in [6.45, 7) is 4.09. The Hall–Kier alpha value is -1.55. The molecule has 2 heterocycles. The first-order valence-corrected chi connectivity index (χ1v) is 5.82. The summed E-state index contributed by atoms with van der Waals surface area (Å²) < 4.78 is 1.82. The van der Waals surface area contributed by atoms with E-state index in [2.05, 4.69) is 22.3 Å². The Morgan fingerprint density at radius 2 is 2.18 bits per heavy atom. The number of aryl methyl sites for hydroxylation is 2. The number of halogens is 1. The third-order valence-electron chi connectivity index (χ3n) is 2.61. The number of aromatic nitrogens is 3. The summed E-state index contributed by atoms with van der Waals surface area (Å²) in [7, 11) is 1.92. The molecule has 0 aromatic carbocycles. The van der Waals surface area contributed by atoms with Gasteiger partial charge < -0.3 is 5.32 Å². The monoisotopic (exact) mass is 250 g/mol. The maximum atomic E-state index is 5.79. The van der Waals surface area contributed by atoms with Crippen molar-refractivity contribution in [2.24, 2.45) is 7.05 Å². The van der Waals surface area contributed by atoms with Crippen LogP contribution in [0.15, 0.2) is 24.5 Å². The predicted octanol–water partition coefficient (Wildman–Crippen LogP) is 2.95. The van der Waals surface area contributed by atoms with Gasteiger partial charge >= 0.3 is 0 Å². The van der Waals surface area contributed by atoms with E-state index in [9.17, 15) is 0 Å². The van der Waals surface area contributed by atoms with Crippen LogP contribution in [0.5, 0.6) is 0 Å². The van der Waals surface area contributed by atoms with E-state index in [1.165, 1.54) is 5.56 Å². The Kier molecular flexibility index (Phi) is 3.33. The second-order valence-electron chi connectivity index (χ2n) is 4.07. The standard InChI is InChI=1S/C12H15ClN4/c1-8(11-7-17(3)16-9(11)2)15-12-5-4-10(13)6-14-12/h4-8H,1-3H3,(H,14,15)/t8-/m0/s1. The van der Waals surface area contributed by atoms with Crippen LogP contribution in [0.4, 0.5) is 5.82 Å². The van der Waals surface area contributed by atoms with Gasteiger partial charge in [0.2, 0.25) is 0 Å². The molecule has 90 valence electrons. The molecule has 17 heavy (non-hydrogen) atoms. The molecule has 4 nitrogen and oxygen atoms in total. The van der Waals surface area contributed by atoms with Crippen LogP contribution in [0.3, 0.4) is 0 Å². The van der Waals surface area contributed by atoms with Crippen molar-refractivity contribution in [3.63, 3.8) is 0 Å². The van der Waals surface area contributed by atoms with Crippen LogP contribution in [0.1, 0.15) is 24.2 Å². The molecule has 0 radical (unpaired) electrons. The number of hydrogen-bond acceptors (Lipinski definition) is 3. The van der Waals surface area contributed by atoms with Gasteiger partial charge in [-0.3, -0.25) is 4.68 Å². The number of nitrogens with one attached hydrogen (secondary N) is 1. The number of rotatable bonds is 3. The highest BCUT2D eigenvalue weighted by Gasteiger charge is 2.11. The fourth-order valence-electron chi connectivity index (χ4n) is 1.80. The van der Waals surface area contributed by atoms with Crippen molar-refractivity contribution in [3.05, 3.63) is 40.8 Å². The zero-order chi connectivity index (χ0) is 12.4. The number of nitrogens with zero attached hydrogens (tertiary/aromatic N) is 3. The Morgan fingerprint density at radius 1 is 1.41 bits per heavy atom. The first kappa shape index (κ1) is 11.9. The normalized spacial score (nSPS) is 12.5. The second kappa shape index (κ2) is 4.75. The van der Waals surface area contributed by atoms with E-state index in [1.54, 1.807) is 6.20 Å². The van der Waals surface area contributed by atoms with Crippen LogP contribution in [0, 0.1) is 6.92 Å². The molecule has 0 aliphatic carbocycles. The van der Waals surface area contributed by atoms with Gasteiger partial charge in [0, 0.05) is 25.0 Å². The number of hydrogen-bond donors (Lipinski definition) is 1. The quantitative estimate of drug-likeness (QED) is 0.911. The molecule has 2 rings (SSSR count). The van der Waals surface area contributed by atoms with Gasteiger partial charge in [0.05, 0.1) is 16.8 Å². The number of pyridine rings is 1. The molecule has 2 aromatic heterocycles. The van der Waals surface area contributed by atoms with Gasteiger partial charge in [-0.2, -0.15) is 5.10 Å². The number of anilines is 1. The van der Waals surface area contributed by atoms with E-state index in [-0.39, 0.29) is 6.04 Å². The highest BCUT2D eigenvalue weighted by molar-refractivity contribution is 6.30. The summed E-state index contributed by atoms with van der Waals surface area (Å²) in [5.41, 5.74) is 2.20. The summed E-state index contributed by atoms with van der Waals surface area (Å²) in [4.78, 5) is 4.21. The highest BCUT2D eigenvalue weighted by Crippen LogP contribution is 2.20. The van der Waals surface area contributed by atoms with Crippen LogP contribution in [0.2, 0.25) is 5.02 Å². The van der Waals surface area contributed by atoms with Gasteiger partial charge in [0.1, 0.15) is 5.82 Å². The second-order valence-corrected chi connectivity index (χ2v) is 4.51. The van der Waals surface area contributed by atoms with E-state index in [0.717, 1.165) is 11.5 Å². The lowest BCUT2D eigenvalue weighted by molar-refractivity contribution is 0.756. The lowest BCUT2D eigenvalue weighted by atomic mass is 10.1. The Bertz CT molecular complexity index is 504. The van der Waals surface area contributed by atoms with Crippen LogP contribution < -0.4 is 5.32 Å².